The van der Waals surface area contributed by atoms with Crippen LogP contribution < -0.4 is 5.32 Å². The number of hydrogen-bond donors (Lipinski definition) is 1. The highest BCUT2D eigenvalue weighted by molar-refractivity contribution is 5.92. The van der Waals surface area contributed by atoms with Crippen molar-refractivity contribution in [3.63, 3.8) is 0 Å². The molecule has 11 heteroatoms. The molecule has 9 nitrogen and oxygen atoms in total. The number of benzene rings is 1. The molecule has 0 aliphatic carbocycles. The minimum atomic E-state index is -0.834. The van der Waals surface area contributed by atoms with Crippen molar-refractivity contribution in [1.29, 1.82) is 5.26 Å². The third kappa shape index (κ3) is 4.31. The summed E-state index contributed by atoms with van der Waals surface area (Å²) < 4.78 is 29.9. The average molecular weight is 448 g/mol. The van der Waals surface area contributed by atoms with Crippen molar-refractivity contribution >= 4 is 5.91 Å². The van der Waals surface area contributed by atoms with E-state index in [1.165, 1.54) is 12.3 Å². The highest BCUT2D eigenvalue weighted by Gasteiger charge is 2.33. The fourth-order valence-electron chi connectivity index (χ4n) is 3.35. The molecule has 0 fully saturated rings. The second kappa shape index (κ2) is 8.58. The Morgan fingerprint density at radius 1 is 1.24 bits per heavy atom. The standard InChI is InChI=1S/C22H18F2N8O/c1-22(14-10-27-31(2)11-14,20-5-3-4-16(9-25)28-20)13-26-21(33)18-12-32(30-29-18)19-7-6-15(23)8-17(19)24/h3-8,10-12H,13H2,1-2H3,(H,26,33). The van der Waals surface area contributed by atoms with Crippen LogP contribution in [0, 0.1) is 23.0 Å². The van der Waals surface area contributed by atoms with Crippen LogP contribution >= 0.6 is 0 Å². The number of nitrogens with zero attached hydrogens (tertiary/aromatic N) is 7. The summed E-state index contributed by atoms with van der Waals surface area (Å²) in [7, 11) is 1.77. The van der Waals surface area contributed by atoms with Gasteiger partial charge < -0.3 is 5.32 Å². The minimum Gasteiger partial charge on any atom is -0.349 e. The van der Waals surface area contributed by atoms with Crippen LogP contribution in [0.3, 0.4) is 0 Å². The Bertz CT molecular complexity index is 1370. The summed E-state index contributed by atoms with van der Waals surface area (Å²) in [6.45, 7) is 1.98. The summed E-state index contributed by atoms with van der Waals surface area (Å²) in [6, 6.07) is 10.1. The van der Waals surface area contributed by atoms with Gasteiger partial charge in [-0.3, -0.25) is 9.48 Å². The maximum Gasteiger partial charge on any atom is 0.273 e. The SMILES string of the molecule is Cn1cc(C(C)(CNC(=O)c2cn(-c3ccc(F)cc3F)nn2)c2cccc(C#N)n2)cn1. The lowest BCUT2D eigenvalue weighted by Crippen LogP contribution is -2.40. The van der Waals surface area contributed by atoms with Gasteiger partial charge in [-0.15, -0.1) is 5.10 Å². The van der Waals surface area contributed by atoms with E-state index in [1.807, 2.05) is 13.0 Å². The molecule has 1 atom stereocenters. The highest BCUT2D eigenvalue weighted by Crippen LogP contribution is 2.30. The van der Waals surface area contributed by atoms with Crippen LogP contribution in [-0.4, -0.2) is 42.2 Å². The van der Waals surface area contributed by atoms with Gasteiger partial charge in [-0.1, -0.05) is 11.3 Å². The zero-order chi connectivity index (χ0) is 23.6. The number of amides is 1. The zero-order valence-corrected chi connectivity index (χ0v) is 17.7. The molecule has 4 rings (SSSR count). The second-order valence-electron chi connectivity index (χ2n) is 7.58. The van der Waals surface area contributed by atoms with E-state index in [0.717, 1.165) is 22.4 Å². The number of aromatic nitrogens is 6. The lowest BCUT2D eigenvalue weighted by molar-refractivity contribution is 0.0942. The lowest BCUT2D eigenvalue weighted by Gasteiger charge is -2.28. The number of aryl methyl sites for hydroxylation is 1. The molecule has 1 aromatic carbocycles. The number of carbonyl (C=O) groups is 1. The first-order chi connectivity index (χ1) is 15.8. The van der Waals surface area contributed by atoms with Crippen molar-refractivity contribution in [3.8, 4) is 11.8 Å². The van der Waals surface area contributed by atoms with Gasteiger partial charge in [0.05, 0.1) is 23.5 Å². The summed E-state index contributed by atoms with van der Waals surface area (Å²) in [5.74, 6) is -2.10. The number of halogens is 2. The van der Waals surface area contributed by atoms with E-state index >= 15 is 0 Å². The van der Waals surface area contributed by atoms with Gasteiger partial charge in [-0.05, 0) is 31.2 Å². The normalized spacial score (nSPS) is 12.7. The van der Waals surface area contributed by atoms with Crippen LogP contribution in [0.15, 0.2) is 55.0 Å². The Morgan fingerprint density at radius 3 is 2.76 bits per heavy atom. The fraction of sp³-hybridized carbons (Fsp3) is 0.182. The van der Waals surface area contributed by atoms with Gasteiger partial charge >= 0.3 is 0 Å². The predicted octanol–water partition coefficient (Wildman–Crippen LogP) is 2.28. The molecular weight excluding hydrogens is 430 g/mol. The van der Waals surface area contributed by atoms with Crippen molar-refractivity contribution in [2.75, 3.05) is 6.54 Å². The third-order valence-electron chi connectivity index (χ3n) is 5.26. The van der Waals surface area contributed by atoms with Gasteiger partial charge in [-0.25, -0.2) is 18.4 Å². The molecule has 0 aliphatic heterocycles. The number of rotatable bonds is 6. The highest BCUT2D eigenvalue weighted by atomic mass is 19.1. The zero-order valence-electron chi connectivity index (χ0n) is 17.7. The Kier molecular flexibility index (Phi) is 5.66. The second-order valence-corrected chi connectivity index (χ2v) is 7.58. The molecule has 0 radical (unpaired) electrons. The summed E-state index contributed by atoms with van der Waals surface area (Å²) in [6.07, 6.45) is 4.72. The molecule has 0 saturated carbocycles. The van der Waals surface area contributed by atoms with E-state index in [9.17, 15) is 18.8 Å². The van der Waals surface area contributed by atoms with E-state index in [0.29, 0.717) is 5.69 Å². The van der Waals surface area contributed by atoms with E-state index in [4.69, 9.17) is 0 Å². The topological polar surface area (TPSA) is 114 Å². The molecule has 33 heavy (non-hydrogen) atoms. The molecule has 4 aromatic rings. The third-order valence-corrected chi connectivity index (χ3v) is 5.26. The van der Waals surface area contributed by atoms with Crippen LogP contribution in [0.2, 0.25) is 0 Å². The molecule has 3 aromatic heterocycles. The van der Waals surface area contributed by atoms with Crippen molar-refractivity contribution in [2.24, 2.45) is 7.05 Å². The number of pyridine rings is 1. The first-order valence-corrected chi connectivity index (χ1v) is 9.83. The molecule has 1 unspecified atom stereocenters. The van der Waals surface area contributed by atoms with Gasteiger partial charge in [0.15, 0.2) is 11.5 Å². The van der Waals surface area contributed by atoms with Gasteiger partial charge in [0.2, 0.25) is 0 Å². The van der Waals surface area contributed by atoms with Crippen LogP contribution in [0.25, 0.3) is 5.69 Å². The predicted molar refractivity (Wildman–Crippen MR) is 112 cm³/mol. The lowest BCUT2D eigenvalue weighted by atomic mass is 9.80. The van der Waals surface area contributed by atoms with Gasteiger partial charge in [0, 0.05) is 31.4 Å². The number of hydrogen-bond acceptors (Lipinski definition) is 6. The largest absolute Gasteiger partial charge is 0.349 e. The Balaban J connectivity index is 1.59. The molecule has 0 aliphatic rings. The summed E-state index contributed by atoms with van der Waals surface area (Å²) in [5.41, 5.74) is 0.706. The number of nitriles is 1. The fourth-order valence-corrected chi connectivity index (χ4v) is 3.35. The molecule has 0 spiro atoms. The summed E-state index contributed by atoms with van der Waals surface area (Å²) >= 11 is 0. The molecule has 1 N–H and O–H groups in total. The van der Waals surface area contributed by atoms with Crippen molar-refractivity contribution in [1.82, 2.24) is 35.1 Å². The smallest absolute Gasteiger partial charge is 0.273 e. The molecule has 0 saturated heterocycles. The van der Waals surface area contributed by atoms with Gasteiger partial charge in [-0.2, -0.15) is 10.4 Å². The van der Waals surface area contributed by atoms with Crippen molar-refractivity contribution in [2.45, 2.75) is 12.3 Å². The average Bonchev–Trinajstić information content (AvgIpc) is 3.47. The van der Waals surface area contributed by atoms with Gasteiger partial charge in [0.1, 0.15) is 23.3 Å². The monoisotopic (exact) mass is 448 g/mol. The molecule has 166 valence electrons. The molecule has 3 heterocycles. The van der Waals surface area contributed by atoms with E-state index in [-0.39, 0.29) is 23.6 Å². The van der Waals surface area contributed by atoms with Crippen molar-refractivity contribution < 1.29 is 13.6 Å². The maximum atomic E-state index is 14.0. The number of nitrogens with one attached hydrogen (secondary N) is 1. The van der Waals surface area contributed by atoms with Crippen LogP contribution in [0.4, 0.5) is 8.78 Å². The quantitative estimate of drug-likeness (QED) is 0.484. The first-order valence-electron chi connectivity index (χ1n) is 9.83. The van der Waals surface area contributed by atoms with Gasteiger partial charge in [0.25, 0.3) is 5.91 Å². The Hall–Kier alpha value is -4.46. The summed E-state index contributed by atoms with van der Waals surface area (Å²) in [5, 5.41) is 23.8. The number of carbonyl (C=O) groups excluding carboxylic acids is 1. The molecular formula is C22H18F2N8O. The Labute approximate surface area is 187 Å². The first kappa shape index (κ1) is 21.8. The van der Waals surface area contributed by atoms with Crippen LogP contribution in [0.1, 0.15) is 34.4 Å². The molecule has 0 bridgehead atoms. The summed E-state index contributed by atoms with van der Waals surface area (Å²) in [4.78, 5) is 17.2. The van der Waals surface area contributed by atoms with Crippen LogP contribution in [-0.2, 0) is 12.5 Å². The van der Waals surface area contributed by atoms with E-state index < -0.39 is 23.0 Å². The van der Waals surface area contributed by atoms with Crippen molar-refractivity contribution in [3.05, 3.63) is 89.3 Å². The van der Waals surface area contributed by atoms with E-state index in [2.05, 4.69) is 25.7 Å². The Morgan fingerprint density at radius 2 is 2.06 bits per heavy atom. The van der Waals surface area contributed by atoms with Crippen LogP contribution in [0.5, 0.6) is 0 Å². The molecule has 1 amide bonds. The van der Waals surface area contributed by atoms with E-state index in [1.54, 1.807) is 42.3 Å². The maximum absolute atomic E-state index is 14.0. The minimum absolute atomic E-state index is 0.0410.